The molecule has 0 saturated carbocycles. The zero-order valence-corrected chi connectivity index (χ0v) is 10.9. The van der Waals surface area contributed by atoms with Gasteiger partial charge in [0.15, 0.2) is 0 Å². The molecule has 1 aliphatic carbocycles. The molecule has 0 radical (unpaired) electrons. The van der Waals surface area contributed by atoms with Crippen LogP contribution in [0.4, 0.5) is 0 Å². The Kier molecular flexibility index (Phi) is 3.29. The quantitative estimate of drug-likeness (QED) is 0.347. The van der Waals surface area contributed by atoms with Gasteiger partial charge in [-0.15, -0.1) is 0 Å². The molecule has 2 aliphatic rings. The number of rotatable bonds is 3. The summed E-state index contributed by atoms with van der Waals surface area (Å²) in [6.07, 6.45) is 3.86. The minimum atomic E-state index is -1.31. The molecule has 5 nitrogen and oxygen atoms in total. The number of allylic oxidation sites excluding steroid dienone is 1. The maximum Gasteiger partial charge on any atom is 0.241 e. The van der Waals surface area contributed by atoms with Crippen molar-refractivity contribution in [2.75, 3.05) is 0 Å². The molecule has 1 N–H and O–H groups in total. The van der Waals surface area contributed by atoms with Crippen molar-refractivity contribution >= 4 is 12.2 Å². The summed E-state index contributed by atoms with van der Waals surface area (Å²) in [5, 5.41) is 10.0. The lowest BCUT2D eigenvalue weighted by atomic mass is 9.93. The Morgan fingerprint density at radius 1 is 1.56 bits per heavy atom. The van der Waals surface area contributed by atoms with Crippen molar-refractivity contribution in [1.82, 2.24) is 4.90 Å². The van der Waals surface area contributed by atoms with Gasteiger partial charge in [-0.3, -0.25) is 9.69 Å². The fourth-order valence-electron chi connectivity index (χ4n) is 2.61. The van der Waals surface area contributed by atoms with E-state index >= 15 is 0 Å². The zero-order chi connectivity index (χ0) is 13.5. The largest absolute Gasteiger partial charge is 0.351 e. The van der Waals surface area contributed by atoms with Gasteiger partial charge in [0.1, 0.15) is 6.29 Å². The summed E-state index contributed by atoms with van der Waals surface area (Å²) >= 11 is 0. The fourth-order valence-corrected chi connectivity index (χ4v) is 2.61. The first kappa shape index (κ1) is 13.2. The Morgan fingerprint density at radius 3 is 2.78 bits per heavy atom. The highest BCUT2D eigenvalue weighted by Gasteiger charge is 2.51. The molecule has 1 amide bonds. The van der Waals surface area contributed by atoms with E-state index in [0.717, 1.165) is 0 Å². The first-order valence-electron chi connectivity index (χ1n) is 6.15. The Labute approximate surface area is 106 Å². The molecule has 0 bridgehead atoms. The van der Waals surface area contributed by atoms with Crippen LogP contribution < -0.4 is 0 Å². The second kappa shape index (κ2) is 4.48. The summed E-state index contributed by atoms with van der Waals surface area (Å²) in [7, 11) is 0. The predicted octanol–water partition coefficient (Wildman–Crippen LogP) is 0.679. The van der Waals surface area contributed by atoms with E-state index in [2.05, 4.69) is 0 Å². The van der Waals surface area contributed by atoms with Gasteiger partial charge in [-0.25, -0.2) is 0 Å². The molecule has 18 heavy (non-hydrogen) atoms. The number of hydrogen-bond acceptors (Lipinski definition) is 4. The third-order valence-corrected chi connectivity index (χ3v) is 3.35. The number of likely N-dealkylation sites (tertiary alicyclic amines) is 1. The van der Waals surface area contributed by atoms with Gasteiger partial charge in [0, 0.05) is 5.92 Å². The molecule has 4 unspecified atom stereocenters. The molecule has 1 aliphatic heterocycles. The summed E-state index contributed by atoms with van der Waals surface area (Å²) in [4.78, 5) is 24.4. The normalized spacial score (nSPS) is 32.8. The van der Waals surface area contributed by atoms with Gasteiger partial charge in [0.25, 0.3) is 0 Å². The molecule has 4 atom stereocenters. The highest BCUT2D eigenvalue weighted by Crippen LogP contribution is 2.39. The number of aliphatic hydroxyl groups excluding tert-OH is 1. The van der Waals surface area contributed by atoms with Crippen LogP contribution in [-0.4, -0.2) is 40.3 Å². The standard InChI is InChI=1S/C13H19NO4/c1-13(2,3)18-12(17)14-10-6-4-5-8(10)9(7-15)11(14)16/h4,6-10,12,17H,5H2,1-3H3. The van der Waals surface area contributed by atoms with Crippen LogP contribution in [0, 0.1) is 11.8 Å². The number of ether oxygens (including phenoxy) is 1. The number of fused-ring (bicyclic) bond motifs is 1. The first-order chi connectivity index (χ1) is 8.35. The Balaban J connectivity index is 2.19. The third kappa shape index (κ3) is 2.20. The number of amides is 1. The maximum atomic E-state index is 12.1. The monoisotopic (exact) mass is 253 g/mol. The van der Waals surface area contributed by atoms with Crippen LogP contribution in [0.25, 0.3) is 0 Å². The van der Waals surface area contributed by atoms with Crippen LogP contribution >= 0.6 is 0 Å². The van der Waals surface area contributed by atoms with E-state index in [4.69, 9.17) is 4.74 Å². The number of aldehydes is 1. The van der Waals surface area contributed by atoms with Gasteiger partial charge < -0.3 is 14.6 Å². The van der Waals surface area contributed by atoms with Crippen LogP contribution in [0.15, 0.2) is 12.2 Å². The molecular weight excluding hydrogens is 234 g/mol. The Morgan fingerprint density at radius 2 is 2.22 bits per heavy atom. The molecule has 1 heterocycles. The highest BCUT2D eigenvalue weighted by molar-refractivity contribution is 5.95. The van der Waals surface area contributed by atoms with Gasteiger partial charge in [-0.2, -0.15) is 0 Å². The summed E-state index contributed by atoms with van der Waals surface area (Å²) in [5.74, 6) is -1.07. The van der Waals surface area contributed by atoms with Crippen LogP contribution in [0.1, 0.15) is 27.2 Å². The third-order valence-electron chi connectivity index (χ3n) is 3.35. The second-order valence-electron chi connectivity index (χ2n) is 5.78. The molecule has 100 valence electrons. The fraction of sp³-hybridized carbons (Fsp3) is 0.692. The average Bonchev–Trinajstić information content (AvgIpc) is 2.73. The van der Waals surface area contributed by atoms with E-state index in [1.807, 2.05) is 12.2 Å². The summed E-state index contributed by atoms with van der Waals surface area (Å²) in [6.45, 7) is 5.40. The average molecular weight is 253 g/mol. The number of hydrogen-bond donors (Lipinski definition) is 1. The van der Waals surface area contributed by atoms with E-state index in [1.54, 1.807) is 20.8 Å². The van der Waals surface area contributed by atoms with Crippen molar-refractivity contribution in [2.24, 2.45) is 11.8 Å². The van der Waals surface area contributed by atoms with Crippen LogP contribution in [0.5, 0.6) is 0 Å². The SMILES string of the molecule is CC(C)(C)OC(O)N1C(=O)C(C=O)C2CC=CC21. The van der Waals surface area contributed by atoms with E-state index in [1.165, 1.54) is 4.90 Å². The number of nitrogens with zero attached hydrogens (tertiary/aromatic N) is 1. The summed E-state index contributed by atoms with van der Waals surface area (Å²) < 4.78 is 5.40. The van der Waals surface area contributed by atoms with Crippen molar-refractivity contribution < 1.29 is 19.4 Å². The van der Waals surface area contributed by atoms with Gasteiger partial charge in [0.2, 0.25) is 12.3 Å². The Hall–Kier alpha value is -1.20. The first-order valence-corrected chi connectivity index (χ1v) is 6.15. The second-order valence-corrected chi connectivity index (χ2v) is 5.78. The van der Waals surface area contributed by atoms with E-state index in [0.29, 0.717) is 12.7 Å². The van der Waals surface area contributed by atoms with Gasteiger partial charge in [-0.1, -0.05) is 12.2 Å². The summed E-state index contributed by atoms with van der Waals surface area (Å²) in [6, 6.07) is -0.231. The smallest absolute Gasteiger partial charge is 0.241 e. The molecule has 1 fully saturated rings. The lowest BCUT2D eigenvalue weighted by Crippen LogP contribution is -2.46. The van der Waals surface area contributed by atoms with Crippen molar-refractivity contribution in [3.63, 3.8) is 0 Å². The molecule has 0 aromatic rings. The maximum absolute atomic E-state index is 12.1. The predicted molar refractivity (Wildman–Crippen MR) is 64.3 cm³/mol. The molecule has 0 aromatic carbocycles. The lowest BCUT2D eigenvalue weighted by molar-refractivity contribution is -0.237. The van der Waals surface area contributed by atoms with Crippen LogP contribution in [0.3, 0.4) is 0 Å². The zero-order valence-electron chi connectivity index (χ0n) is 10.9. The topological polar surface area (TPSA) is 66.8 Å². The molecule has 2 rings (SSSR count). The van der Waals surface area contributed by atoms with Crippen LogP contribution in [-0.2, 0) is 14.3 Å². The van der Waals surface area contributed by atoms with Gasteiger partial charge in [-0.05, 0) is 27.2 Å². The molecule has 5 heteroatoms. The molecular formula is C13H19NO4. The van der Waals surface area contributed by atoms with E-state index in [9.17, 15) is 14.7 Å². The number of aliphatic hydroxyl groups is 1. The molecule has 1 saturated heterocycles. The lowest BCUT2D eigenvalue weighted by Gasteiger charge is -2.32. The number of carbonyl (C=O) groups is 2. The molecule has 0 spiro atoms. The van der Waals surface area contributed by atoms with E-state index < -0.39 is 17.9 Å². The number of carbonyl (C=O) groups excluding carboxylic acids is 2. The van der Waals surface area contributed by atoms with Gasteiger partial charge >= 0.3 is 0 Å². The van der Waals surface area contributed by atoms with Crippen molar-refractivity contribution in [2.45, 2.75) is 45.2 Å². The Bertz CT molecular complexity index is 385. The minimum Gasteiger partial charge on any atom is -0.351 e. The van der Waals surface area contributed by atoms with Crippen molar-refractivity contribution in [3.8, 4) is 0 Å². The van der Waals surface area contributed by atoms with Crippen LogP contribution in [0.2, 0.25) is 0 Å². The minimum absolute atomic E-state index is 0.0618. The summed E-state index contributed by atoms with van der Waals surface area (Å²) in [5.41, 5.74) is -0.559. The van der Waals surface area contributed by atoms with Crippen molar-refractivity contribution in [3.05, 3.63) is 12.2 Å². The highest BCUT2D eigenvalue weighted by atomic mass is 16.6. The van der Waals surface area contributed by atoms with E-state index in [-0.39, 0.29) is 17.9 Å². The van der Waals surface area contributed by atoms with Crippen molar-refractivity contribution in [1.29, 1.82) is 0 Å². The molecule has 0 aromatic heterocycles. The van der Waals surface area contributed by atoms with Gasteiger partial charge in [0.05, 0.1) is 17.6 Å².